The van der Waals surface area contributed by atoms with Crippen LogP contribution >= 0.6 is 34.8 Å². The maximum Gasteiger partial charge on any atom is 0.337 e. The number of esters is 1. The molecule has 4 rings (SSSR count). The summed E-state index contributed by atoms with van der Waals surface area (Å²) in [5.41, 5.74) is 5.08. The Morgan fingerprint density at radius 2 is 1.81 bits per heavy atom. The van der Waals surface area contributed by atoms with Crippen molar-refractivity contribution in [2.24, 2.45) is 5.10 Å². The molecule has 1 heterocycles. The number of halogens is 3. The largest absolute Gasteiger partial charge is 0.493 e. The van der Waals surface area contributed by atoms with E-state index >= 15 is 0 Å². The maximum atomic E-state index is 12.5. The molecule has 0 unspecified atom stereocenters. The van der Waals surface area contributed by atoms with Gasteiger partial charge >= 0.3 is 12.0 Å². The Hall–Kier alpha value is -4.36. The quantitative estimate of drug-likeness (QED) is 0.0711. The van der Waals surface area contributed by atoms with Gasteiger partial charge in [0.25, 0.3) is 0 Å². The van der Waals surface area contributed by atoms with Gasteiger partial charge in [0.05, 0.1) is 43.7 Å². The van der Waals surface area contributed by atoms with Crippen LogP contribution < -0.4 is 35.0 Å². The standard InChI is InChI=1S/C32H33Cl3N4O8/c1-5-45-25-12-19(29-28(31(41)44-4)17(2)37-32(42)38-29)7-9-24(25)46-16-27(40)39-36-14-18-10-23(35)30(26(11-18)43-3)47-15-20-6-8-21(33)13-22(20)34/h6-14,27,29,39-40H,5,15-16H2,1-4H3,(H2,37,38,42)/b36-14-/t27-,29-/m0/s1. The first-order valence-corrected chi connectivity index (χ1v) is 15.3. The summed E-state index contributed by atoms with van der Waals surface area (Å²) < 4.78 is 27.8. The van der Waals surface area contributed by atoms with Crippen molar-refractivity contribution in [2.75, 3.05) is 27.4 Å². The predicted molar refractivity (Wildman–Crippen MR) is 178 cm³/mol. The van der Waals surface area contributed by atoms with Crippen LogP contribution in [0, 0.1) is 0 Å². The molecule has 0 fully saturated rings. The Bertz CT molecular complexity index is 1680. The Morgan fingerprint density at radius 3 is 2.51 bits per heavy atom. The summed E-state index contributed by atoms with van der Waals surface area (Å²) in [5.74, 6) is 0.779. The van der Waals surface area contributed by atoms with Gasteiger partial charge in [0, 0.05) is 21.3 Å². The zero-order valence-corrected chi connectivity index (χ0v) is 28.1. The number of hydrazone groups is 1. The summed E-state index contributed by atoms with van der Waals surface area (Å²) in [4.78, 5) is 24.6. The average Bonchev–Trinajstić information content (AvgIpc) is 3.03. The number of ether oxygens (including phenoxy) is 5. The molecule has 2 amide bonds. The smallest absolute Gasteiger partial charge is 0.337 e. The highest BCUT2D eigenvalue weighted by molar-refractivity contribution is 6.35. The molecule has 1 aliphatic rings. The molecule has 3 aromatic carbocycles. The fraction of sp³-hybridized carbons (Fsp3) is 0.281. The van der Waals surface area contributed by atoms with E-state index in [1.807, 2.05) is 0 Å². The van der Waals surface area contributed by atoms with E-state index < -0.39 is 24.3 Å². The van der Waals surface area contributed by atoms with Gasteiger partial charge in [-0.3, -0.25) is 5.43 Å². The molecule has 0 radical (unpaired) electrons. The molecule has 0 saturated heterocycles. The Kier molecular flexibility index (Phi) is 12.4. The fourth-order valence-corrected chi connectivity index (χ4v) is 5.30. The second-order valence-corrected chi connectivity index (χ2v) is 11.2. The van der Waals surface area contributed by atoms with Crippen molar-refractivity contribution in [2.45, 2.75) is 32.7 Å². The van der Waals surface area contributed by atoms with Crippen LogP contribution in [0.25, 0.3) is 0 Å². The fourth-order valence-electron chi connectivity index (χ4n) is 4.56. The molecule has 250 valence electrons. The molecule has 3 aromatic rings. The van der Waals surface area contributed by atoms with Crippen molar-refractivity contribution in [1.82, 2.24) is 16.1 Å². The number of urea groups is 1. The minimum Gasteiger partial charge on any atom is -0.493 e. The third-order valence-corrected chi connectivity index (χ3v) is 7.62. The van der Waals surface area contributed by atoms with Crippen LogP contribution in [0.4, 0.5) is 4.79 Å². The van der Waals surface area contributed by atoms with Crippen molar-refractivity contribution < 1.29 is 38.4 Å². The lowest BCUT2D eigenvalue weighted by Crippen LogP contribution is -2.45. The number of amides is 2. The van der Waals surface area contributed by atoms with Gasteiger partial charge in [-0.05, 0) is 61.4 Å². The number of nitrogens with one attached hydrogen (secondary N) is 3. The molecule has 2 atom stereocenters. The zero-order chi connectivity index (χ0) is 34.1. The number of carbonyl (C=O) groups is 2. The summed E-state index contributed by atoms with van der Waals surface area (Å²) in [6.45, 7) is 3.67. The van der Waals surface area contributed by atoms with Gasteiger partial charge in [-0.1, -0.05) is 46.9 Å². The van der Waals surface area contributed by atoms with E-state index in [2.05, 4.69) is 21.2 Å². The van der Waals surface area contributed by atoms with Gasteiger partial charge < -0.3 is 39.4 Å². The predicted octanol–water partition coefficient (Wildman–Crippen LogP) is 5.75. The van der Waals surface area contributed by atoms with E-state index in [4.69, 9.17) is 58.5 Å². The van der Waals surface area contributed by atoms with Crippen LogP contribution in [-0.2, 0) is 16.1 Å². The van der Waals surface area contributed by atoms with E-state index in [-0.39, 0.29) is 23.8 Å². The summed E-state index contributed by atoms with van der Waals surface area (Å²) in [7, 11) is 2.75. The second-order valence-electron chi connectivity index (χ2n) is 9.97. The number of methoxy groups -OCH3 is 2. The van der Waals surface area contributed by atoms with E-state index in [1.54, 1.807) is 62.4 Å². The molecule has 0 spiro atoms. The minimum atomic E-state index is -1.20. The summed E-state index contributed by atoms with van der Waals surface area (Å²) in [6.07, 6.45) is 0.240. The van der Waals surface area contributed by atoms with E-state index in [0.717, 1.165) is 5.56 Å². The molecular weight excluding hydrogens is 675 g/mol. The number of hydrogen-bond donors (Lipinski definition) is 4. The van der Waals surface area contributed by atoms with Crippen molar-refractivity contribution in [3.05, 3.63) is 91.6 Å². The monoisotopic (exact) mass is 706 g/mol. The minimum absolute atomic E-state index is 0.140. The number of hydrogen-bond acceptors (Lipinski definition) is 10. The highest BCUT2D eigenvalue weighted by Gasteiger charge is 2.32. The lowest BCUT2D eigenvalue weighted by molar-refractivity contribution is -0.136. The Labute approximate surface area is 286 Å². The number of benzene rings is 3. The lowest BCUT2D eigenvalue weighted by atomic mass is 9.95. The van der Waals surface area contributed by atoms with Crippen molar-refractivity contribution in [3.8, 4) is 23.0 Å². The first-order chi connectivity index (χ1) is 22.5. The molecule has 0 saturated carbocycles. The van der Waals surface area contributed by atoms with E-state index in [9.17, 15) is 14.7 Å². The van der Waals surface area contributed by atoms with Crippen molar-refractivity contribution in [1.29, 1.82) is 0 Å². The average molecular weight is 708 g/mol. The number of rotatable bonds is 14. The number of allylic oxidation sites excluding steroid dienone is 1. The number of carbonyl (C=O) groups excluding carboxylic acids is 2. The lowest BCUT2D eigenvalue weighted by Gasteiger charge is -2.28. The maximum absolute atomic E-state index is 12.5. The van der Waals surface area contributed by atoms with E-state index in [0.29, 0.717) is 56.5 Å². The van der Waals surface area contributed by atoms with Gasteiger partial charge in [-0.25, -0.2) is 9.59 Å². The second kappa shape index (κ2) is 16.5. The van der Waals surface area contributed by atoms with Crippen LogP contribution in [0.3, 0.4) is 0 Å². The van der Waals surface area contributed by atoms with Gasteiger partial charge in [0.1, 0.15) is 13.2 Å². The summed E-state index contributed by atoms with van der Waals surface area (Å²) in [5, 5.41) is 21.1. The zero-order valence-electron chi connectivity index (χ0n) is 25.9. The molecule has 0 aliphatic carbocycles. The van der Waals surface area contributed by atoms with Gasteiger partial charge in [-0.2, -0.15) is 5.10 Å². The SMILES string of the molecule is CCOc1cc([C@@H]2NC(=O)NC(C)=C2C(=O)OC)ccc1OC[C@H](O)N/N=C\c1cc(Cl)c(OCc2ccc(Cl)cc2Cl)c(OC)c1. The van der Waals surface area contributed by atoms with Crippen LogP contribution in [0.2, 0.25) is 15.1 Å². The molecule has 12 nitrogen and oxygen atoms in total. The molecule has 0 bridgehead atoms. The molecule has 4 N–H and O–H groups in total. The number of nitrogens with zero attached hydrogens (tertiary/aromatic N) is 1. The Balaban J connectivity index is 1.39. The van der Waals surface area contributed by atoms with Crippen LogP contribution in [0.1, 0.15) is 36.6 Å². The topological polar surface area (TPSA) is 149 Å². The summed E-state index contributed by atoms with van der Waals surface area (Å²) in [6, 6.07) is 12.1. The third kappa shape index (κ3) is 9.13. The Morgan fingerprint density at radius 1 is 1.02 bits per heavy atom. The van der Waals surface area contributed by atoms with Crippen LogP contribution in [-0.4, -0.2) is 57.0 Å². The van der Waals surface area contributed by atoms with Gasteiger partial charge in [0.15, 0.2) is 29.2 Å². The van der Waals surface area contributed by atoms with E-state index in [1.165, 1.54) is 20.4 Å². The molecule has 1 aliphatic heterocycles. The number of aliphatic hydroxyl groups excluding tert-OH is 1. The first-order valence-electron chi connectivity index (χ1n) is 14.2. The number of aliphatic hydroxyl groups is 1. The molecule has 0 aromatic heterocycles. The summed E-state index contributed by atoms with van der Waals surface area (Å²) >= 11 is 18.7. The molecule has 47 heavy (non-hydrogen) atoms. The van der Waals surface area contributed by atoms with Gasteiger partial charge in [0.2, 0.25) is 0 Å². The molecule has 15 heteroatoms. The highest BCUT2D eigenvalue weighted by Crippen LogP contribution is 2.38. The van der Waals surface area contributed by atoms with Crippen LogP contribution in [0.15, 0.2) is 64.9 Å². The normalized spacial score (nSPS) is 15.1. The van der Waals surface area contributed by atoms with Gasteiger partial charge in [-0.15, -0.1) is 0 Å². The van der Waals surface area contributed by atoms with Crippen molar-refractivity contribution >= 4 is 53.0 Å². The highest BCUT2D eigenvalue weighted by atomic mass is 35.5. The first kappa shape index (κ1) is 35.5. The third-order valence-electron chi connectivity index (χ3n) is 6.75. The van der Waals surface area contributed by atoms with Crippen LogP contribution in [0.5, 0.6) is 23.0 Å². The van der Waals surface area contributed by atoms with Crippen molar-refractivity contribution in [3.63, 3.8) is 0 Å². The molecular formula is C32H33Cl3N4O8.